The Morgan fingerprint density at radius 3 is 2.22 bits per heavy atom. The third-order valence-electron chi connectivity index (χ3n) is 2.63. The van der Waals surface area contributed by atoms with E-state index in [0.29, 0.717) is 0 Å². The van der Waals surface area contributed by atoms with Gasteiger partial charge in [0.15, 0.2) is 11.0 Å². The molecule has 0 amide bonds. The fourth-order valence-electron chi connectivity index (χ4n) is 1.56. The predicted octanol–water partition coefficient (Wildman–Crippen LogP) is 3.53. The van der Waals surface area contributed by atoms with Crippen molar-refractivity contribution in [1.29, 1.82) is 0 Å². The van der Waals surface area contributed by atoms with E-state index in [4.69, 9.17) is 0 Å². The van der Waals surface area contributed by atoms with Crippen molar-refractivity contribution in [3.63, 3.8) is 0 Å². The molecule has 92 valence electrons. The predicted molar refractivity (Wildman–Crippen MR) is 76.2 cm³/mol. The first-order chi connectivity index (χ1) is 8.66. The smallest absolute Gasteiger partial charge is 0.172 e. The molecule has 0 saturated carbocycles. The molecule has 0 aliphatic rings. The standard InChI is InChI=1S/C15H15NOS/c1-12-8-10-15(11-9-12)18(17)16-13(2)14-6-4-3-5-7-14/h3-11H,1-2H3/b16-13+/t18-/m1/s1. The molecule has 3 heteroatoms. The van der Waals surface area contributed by atoms with Crippen molar-refractivity contribution >= 4 is 16.7 Å². The largest absolute Gasteiger partial charge is 0.229 e. The summed E-state index contributed by atoms with van der Waals surface area (Å²) in [6.07, 6.45) is 0. The summed E-state index contributed by atoms with van der Waals surface area (Å²) in [5.41, 5.74) is 2.94. The summed E-state index contributed by atoms with van der Waals surface area (Å²) >= 11 is 0. The second kappa shape index (κ2) is 5.74. The molecule has 0 spiro atoms. The van der Waals surface area contributed by atoms with Crippen molar-refractivity contribution in [3.8, 4) is 0 Å². The van der Waals surface area contributed by atoms with E-state index in [2.05, 4.69) is 4.40 Å². The third-order valence-corrected chi connectivity index (χ3v) is 3.75. The van der Waals surface area contributed by atoms with Gasteiger partial charge in [-0.25, -0.2) is 4.21 Å². The zero-order valence-electron chi connectivity index (χ0n) is 10.5. The zero-order valence-corrected chi connectivity index (χ0v) is 11.3. The van der Waals surface area contributed by atoms with Gasteiger partial charge in [0.25, 0.3) is 0 Å². The highest BCUT2D eigenvalue weighted by Crippen LogP contribution is 2.11. The first-order valence-electron chi connectivity index (χ1n) is 5.76. The summed E-state index contributed by atoms with van der Waals surface area (Å²) in [4.78, 5) is 0.732. The van der Waals surface area contributed by atoms with Crippen LogP contribution in [0.25, 0.3) is 0 Å². The Morgan fingerprint density at radius 1 is 1.00 bits per heavy atom. The summed E-state index contributed by atoms with van der Waals surface area (Å²) in [6.45, 7) is 3.88. The monoisotopic (exact) mass is 257 g/mol. The fourth-order valence-corrected chi connectivity index (χ4v) is 2.39. The highest BCUT2D eigenvalue weighted by molar-refractivity contribution is 7.83. The maximum absolute atomic E-state index is 12.1. The first kappa shape index (κ1) is 12.7. The van der Waals surface area contributed by atoms with Crippen LogP contribution in [0.15, 0.2) is 63.9 Å². The van der Waals surface area contributed by atoms with Crippen LogP contribution in [0.2, 0.25) is 0 Å². The van der Waals surface area contributed by atoms with E-state index in [9.17, 15) is 4.21 Å². The number of hydrogen-bond acceptors (Lipinski definition) is 1. The summed E-state index contributed by atoms with van der Waals surface area (Å²) in [7, 11) is -1.33. The van der Waals surface area contributed by atoms with Crippen molar-refractivity contribution in [1.82, 2.24) is 0 Å². The quantitative estimate of drug-likeness (QED) is 0.773. The normalized spacial score (nSPS) is 13.3. The number of hydrogen-bond donors (Lipinski definition) is 0. The Morgan fingerprint density at radius 2 is 1.61 bits per heavy atom. The van der Waals surface area contributed by atoms with Crippen molar-refractivity contribution in [2.75, 3.05) is 0 Å². The van der Waals surface area contributed by atoms with Gasteiger partial charge in [0, 0.05) is 0 Å². The molecule has 0 N–H and O–H groups in total. The number of nitrogens with zero attached hydrogens (tertiary/aromatic N) is 1. The van der Waals surface area contributed by atoms with Gasteiger partial charge in [0.2, 0.25) is 0 Å². The van der Waals surface area contributed by atoms with Gasteiger partial charge < -0.3 is 0 Å². The Kier molecular flexibility index (Phi) is 4.05. The summed E-state index contributed by atoms with van der Waals surface area (Å²) < 4.78 is 16.3. The van der Waals surface area contributed by atoms with Gasteiger partial charge in [-0.2, -0.15) is 4.40 Å². The molecule has 0 saturated heterocycles. The Labute approximate surface area is 110 Å². The second-order valence-corrected chi connectivity index (χ2v) is 5.26. The molecule has 2 aromatic rings. The maximum Gasteiger partial charge on any atom is 0.172 e. The molecule has 1 atom stereocenters. The lowest BCUT2D eigenvalue weighted by molar-refractivity contribution is 0.684. The van der Waals surface area contributed by atoms with E-state index >= 15 is 0 Å². The van der Waals surface area contributed by atoms with Crippen molar-refractivity contribution < 1.29 is 4.21 Å². The maximum atomic E-state index is 12.1. The number of rotatable bonds is 3. The molecular formula is C15H15NOS. The van der Waals surface area contributed by atoms with Crippen molar-refractivity contribution in [3.05, 3.63) is 65.7 Å². The van der Waals surface area contributed by atoms with E-state index in [1.54, 1.807) is 0 Å². The highest BCUT2D eigenvalue weighted by atomic mass is 32.2. The molecule has 0 aromatic heterocycles. The Hall–Kier alpha value is -1.74. The number of aryl methyl sites for hydroxylation is 1. The molecular weight excluding hydrogens is 242 g/mol. The Bertz CT molecular complexity index is 573. The molecule has 2 nitrogen and oxygen atoms in total. The summed E-state index contributed by atoms with van der Waals surface area (Å²) in [6, 6.07) is 17.4. The van der Waals surface area contributed by atoms with E-state index in [1.807, 2.05) is 68.4 Å². The van der Waals surface area contributed by atoms with Crippen LogP contribution in [0.1, 0.15) is 18.1 Å². The van der Waals surface area contributed by atoms with Crippen LogP contribution in [0.5, 0.6) is 0 Å². The van der Waals surface area contributed by atoms with Crippen molar-refractivity contribution in [2.45, 2.75) is 18.7 Å². The van der Waals surface area contributed by atoms with E-state index in [1.165, 1.54) is 0 Å². The van der Waals surface area contributed by atoms with Gasteiger partial charge in [-0.15, -0.1) is 0 Å². The average molecular weight is 257 g/mol. The molecule has 0 radical (unpaired) electrons. The molecule has 2 rings (SSSR count). The van der Waals surface area contributed by atoms with Gasteiger partial charge in [0.1, 0.15) is 0 Å². The van der Waals surface area contributed by atoms with Crippen LogP contribution < -0.4 is 0 Å². The average Bonchev–Trinajstić information content (AvgIpc) is 2.40. The molecule has 0 aliphatic heterocycles. The molecule has 0 fully saturated rings. The molecule has 0 bridgehead atoms. The molecule has 0 aliphatic carbocycles. The molecule has 2 aromatic carbocycles. The topological polar surface area (TPSA) is 29.4 Å². The molecule has 18 heavy (non-hydrogen) atoms. The zero-order chi connectivity index (χ0) is 13.0. The Balaban J connectivity index is 2.23. The van der Waals surface area contributed by atoms with Crippen LogP contribution in [0.4, 0.5) is 0 Å². The lowest BCUT2D eigenvalue weighted by Gasteiger charge is -2.01. The third kappa shape index (κ3) is 3.14. The SMILES string of the molecule is C/C(=N\[S@](=O)c1ccc(C)cc1)c1ccccc1. The lowest BCUT2D eigenvalue weighted by atomic mass is 10.1. The van der Waals surface area contributed by atoms with Gasteiger partial charge in [-0.1, -0.05) is 48.0 Å². The molecule has 0 heterocycles. The van der Waals surface area contributed by atoms with Gasteiger partial charge >= 0.3 is 0 Å². The van der Waals surface area contributed by atoms with Crippen LogP contribution in [-0.4, -0.2) is 9.92 Å². The second-order valence-electron chi connectivity index (χ2n) is 4.10. The first-order valence-corrected chi connectivity index (χ1v) is 6.87. The van der Waals surface area contributed by atoms with Gasteiger partial charge in [-0.3, -0.25) is 0 Å². The van der Waals surface area contributed by atoms with E-state index < -0.39 is 11.0 Å². The fraction of sp³-hybridized carbons (Fsp3) is 0.133. The summed E-state index contributed by atoms with van der Waals surface area (Å²) in [5.74, 6) is 0. The van der Waals surface area contributed by atoms with Gasteiger partial charge in [-0.05, 0) is 31.5 Å². The minimum Gasteiger partial charge on any atom is -0.229 e. The van der Waals surface area contributed by atoms with Crippen molar-refractivity contribution in [2.24, 2.45) is 4.40 Å². The van der Waals surface area contributed by atoms with Crippen LogP contribution >= 0.6 is 0 Å². The van der Waals surface area contributed by atoms with Crippen LogP contribution in [0.3, 0.4) is 0 Å². The minimum absolute atomic E-state index is 0.732. The molecule has 0 unspecified atom stereocenters. The van der Waals surface area contributed by atoms with Crippen LogP contribution in [0, 0.1) is 6.92 Å². The van der Waals surface area contributed by atoms with E-state index in [0.717, 1.165) is 21.7 Å². The summed E-state index contributed by atoms with van der Waals surface area (Å²) in [5, 5.41) is 0. The van der Waals surface area contributed by atoms with E-state index in [-0.39, 0.29) is 0 Å². The highest BCUT2D eigenvalue weighted by Gasteiger charge is 2.03. The number of benzene rings is 2. The van der Waals surface area contributed by atoms with Gasteiger partial charge in [0.05, 0.1) is 10.6 Å². The van der Waals surface area contributed by atoms with Crippen LogP contribution in [-0.2, 0) is 11.0 Å². The lowest BCUT2D eigenvalue weighted by Crippen LogP contribution is -1.97. The minimum atomic E-state index is -1.33.